The van der Waals surface area contributed by atoms with E-state index in [-0.39, 0.29) is 6.04 Å². The lowest BCUT2D eigenvalue weighted by atomic mass is 9.99. The third-order valence-corrected chi connectivity index (χ3v) is 7.51. The van der Waals surface area contributed by atoms with Gasteiger partial charge in [0.1, 0.15) is 52.2 Å². The van der Waals surface area contributed by atoms with Gasteiger partial charge in [0, 0.05) is 22.6 Å². The summed E-state index contributed by atoms with van der Waals surface area (Å²) < 4.78 is 23.4. The van der Waals surface area contributed by atoms with Crippen LogP contribution in [0.5, 0.6) is 5.75 Å². The first-order valence-corrected chi connectivity index (χ1v) is 13.4. The summed E-state index contributed by atoms with van der Waals surface area (Å²) >= 11 is 4.51. The van der Waals surface area contributed by atoms with Crippen molar-refractivity contribution in [2.75, 3.05) is 26.4 Å². The molecule has 0 saturated carbocycles. The topological polar surface area (TPSA) is 80.0 Å². The molecule has 1 aromatic carbocycles. The van der Waals surface area contributed by atoms with Gasteiger partial charge >= 0.3 is 0 Å². The van der Waals surface area contributed by atoms with E-state index in [1.165, 1.54) is 10.4 Å². The Morgan fingerprint density at radius 3 is 2.62 bits per heavy atom. The van der Waals surface area contributed by atoms with Crippen LogP contribution < -0.4 is 4.74 Å². The molecule has 0 amide bonds. The molecule has 0 fully saturated rings. The quantitative estimate of drug-likeness (QED) is 0.151. The number of ether oxygens (including phenoxy) is 2. The van der Waals surface area contributed by atoms with E-state index in [1.54, 1.807) is 34.3 Å². The highest BCUT2D eigenvalue weighted by Gasteiger charge is 2.29. The summed E-state index contributed by atoms with van der Waals surface area (Å²) in [5.41, 5.74) is 4.44. The van der Waals surface area contributed by atoms with Crippen molar-refractivity contribution in [3.63, 3.8) is 0 Å². The van der Waals surface area contributed by atoms with Crippen LogP contribution in [-0.4, -0.2) is 46.9 Å². The molecular weight excluding hydrogens is 587 g/mol. The van der Waals surface area contributed by atoms with Crippen LogP contribution in [-0.2, 0) is 11.4 Å². The number of benzene rings is 1. The summed E-state index contributed by atoms with van der Waals surface area (Å²) in [5, 5.41) is 9.87. The maximum absolute atomic E-state index is 5.85. The Morgan fingerprint density at radius 1 is 1.06 bits per heavy atom. The van der Waals surface area contributed by atoms with Gasteiger partial charge in [-0.3, -0.25) is 13.7 Å². The number of rotatable bonds is 11. The number of hydrogen-bond acceptors (Lipinski definition) is 9. The fraction of sp³-hybridized carbons (Fsp3) is 0.435. The number of aryl methyl sites for hydroxylation is 2. The van der Waals surface area contributed by atoms with E-state index < -0.39 is 0 Å². The van der Waals surface area contributed by atoms with Gasteiger partial charge in [-0.2, -0.15) is 0 Å². The third-order valence-electron chi connectivity index (χ3n) is 5.57. The van der Waals surface area contributed by atoms with Gasteiger partial charge in [0.15, 0.2) is 18.1 Å². The molecule has 8 nitrogen and oxygen atoms in total. The van der Waals surface area contributed by atoms with E-state index in [2.05, 4.69) is 47.7 Å². The molecule has 11 heteroatoms. The fourth-order valence-electron chi connectivity index (χ4n) is 3.78. The smallest absolute Gasteiger partial charge is 0.169 e. The predicted octanol–water partition coefficient (Wildman–Crippen LogP) is 5.90. The monoisotopic (exact) mass is 614 g/mol. The Balaban J connectivity index is 1.43. The standard InChI is InChI=1S/C23H27IN4O4S2/c1-14-16(3)33-23-20(14)21(25-15(2)22-27-26-17(4)28(22)23)18-6-8-19(9-7-18)30-13-12-29-10-5-11-31-34-32-24/h6-9,15H,5,10-13H2,1-4H3. The third kappa shape index (κ3) is 5.65. The van der Waals surface area contributed by atoms with E-state index in [4.69, 9.17) is 21.2 Å². The minimum absolute atomic E-state index is 0.0957. The van der Waals surface area contributed by atoms with E-state index in [0.717, 1.165) is 58.0 Å². The van der Waals surface area contributed by atoms with Crippen molar-refractivity contribution >= 4 is 52.4 Å². The molecule has 0 radical (unpaired) electrons. The number of fused-ring (bicyclic) bond motifs is 3. The SMILES string of the molecule is Cc1sc2c(c1C)C(c1ccc(OCCOCCCOSOI)cc1)=NC(C)c1nnc(C)n1-2. The Labute approximate surface area is 222 Å². The molecular formula is C23H27IN4O4S2. The molecule has 0 spiro atoms. The zero-order valence-electron chi connectivity index (χ0n) is 19.5. The number of thiophene rings is 1. The first-order valence-electron chi connectivity index (χ1n) is 11.0. The second-order valence-electron chi connectivity index (χ2n) is 7.85. The van der Waals surface area contributed by atoms with Gasteiger partial charge in [-0.15, -0.1) is 21.5 Å². The second-order valence-corrected chi connectivity index (χ2v) is 10.6. The lowest BCUT2D eigenvalue weighted by Crippen LogP contribution is -2.09. The van der Waals surface area contributed by atoms with E-state index in [0.29, 0.717) is 26.4 Å². The van der Waals surface area contributed by atoms with Gasteiger partial charge in [-0.1, -0.05) is 0 Å². The Morgan fingerprint density at radius 2 is 1.85 bits per heavy atom. The highest BCUT2D eigenvalue weighted by molar-refractivity contribution is 14.1. The molecule has 2 aromatic heterocycles. The number of halogens is 1. The summed E-state index contributed by atoms with van der Waals surface area (Å²) in [4.78, 5) is 6.36. The molecule has 4 rings (SSSR count). The van der Waals surface area contributed by atoms with Gasteiger partial charge in [0.25, 0.3) is 0 Å². The largest absolute Gasteiger partial charge is 0.491 e. The van der Waals surface area contributed by atoms with Crippen LogP contribution in [0.2, 0.25) is 0 Å². The molecule has 3 aromatic rings. The molecule has 0 bridgehead atoms. The second kappa shape index (κ2) is 12.0. The van der Waals surface area contributed by atoms with Crippen LogP contribution in [0.15, 0.2) is 29.3 Å². The normalized spacial score (nSPS) is 15.0. The lowest BCUT2D eigenvalue weighted by molar-refractivity contribution is 0.0918. The molecule has 1 atom stereocenters. The van der Waals surface area contributed by atoms with Crippen LogP contribution in [0.1, 0.15) is 52.6 Å². The summed E-state index contributed by atoms with van der Waals surface area (Å²) in [6.07, 6.45) is 0.806. The van der Waals surface area contributed by atoms with Crippen LogP contribution in [0.3, 0.4) is 0 Å². The maximum atomic E-state index is 5.85. The minimum Gasteiger partial charge on any atom is -0.491 e. The van der Waals surface area contributed by atoms with Gasteiger partial charge in [-0.25, -0.2) is 2.51 Å². The summed E-state index contributed by atoms with van der Waals surface area (Å²) in [5.74, 6) is 2.56. The Hall–Kier alpha value is -1.51. The van der Waals surface area contributed by atoms with Gasteiger partial charge < -0.3 is 9.47 Å². The minimum atomic E-state index is -0.0957. The summed E-state index contributed by atoms with van der Waals surface area (Å²) in [6.45, 7) is 10.6. The highest BCUT2D eigenvalue weighted by Crippen LogP contribution is 2.38. The van der Waals surface area contributed by atoms with Crippen molar-refractivity contribution < 1.29 is 16.2 Å². The molecule has 1 aliphatic heterocycles. The van der Waals surface area contributed by atoms with Crippen molar-refractivity contribution in [3.05, 3.63) is 57.5 Å². The molecule has 1 unspecified atom stereocenters. The van der Waals surface area contributed by atoms with Crippen molar-refractivity contribution in [3.8, 4) is 10.8 Å². The molecule has 1 aliphatic rings. The molecule has 0 N–H and O–H groups in total. The zero-order chi connectivity index (χ0) is 24.1. The first kappa shape index (κ1) is 25.6. The van der Waals surface area contributed by atoms with Gasteiger partial charge in [0.05, 0.1) is 18.9 Å². The van der Waals surface area contributed by atoms with Crippen molar-refractivity contribution in [2.24, 2.45) is 4.99 Å². The van der Waals surface area contributed by atoms with Crippen LogP contribution in [0.25, 0.3) is 5.00 Å². The summed E-state index contributed by atoms with van der Waals surface area (Å²) in [6, 6.07) is 8.02. The average molecular weight is 615 g/mol. The molecule has 182 valence electrons. The molecule has 3 heterocycles. The molecule has 0 aliphatic carbocycles. The number of aliphatic imine (C=N–C) groups is 1. The average Bonchev–Trinajstić information content (AvgIpc) is 3.32. The highest BCUT2D eigenvalue weighted by atomic mass is 127. The van der Waals surface area contributed by atoms with Crippen LogP contribution >= 0.6 is 46.7 Å². The van der Waals surface area contributed by atoms with Gasteiger partial charge in [0.2, 0.25) is 0 Å². The van der Waals surface area contributed by atoms with Crippen molar-refractivity contribution in [1.82, 2.24) is 14.8 Å². The Bertz CT molecular complexity index is 1150. The number of nitrogens with zero attached hydrogens (tertiary/aromatic N) is 4. The maximum Gasteiger partial charge on any atom is 0.169 e. The predicted molar refractivity (Wildman–Crippen MR) is 144 cm³/mol. The zero-order valence-corrected chi connectivity index (χ0v) is 23.3. The lowest BCUT2D eigenvalue weighted by Gasteiger charge is -2.11. The van der Waals surface area contributed by atoms with Gasteiger partial charge in [-0.05, 0) is 63.9 Å². The number of hydrogen-bond donors (Lipinski definition) is 0. The van der Waals surface area contributed by atoms with E-state index in [9.17, 15) is 0 Å². The summed E-state index contributed by atoms with van der Waals surface area (Å²) in [7, 11) is 0. The van der Waals surface area contributed by atoms with Crippen molar-refractivity contribution in [2.45, 2.75) is 40.2 Å². The first-order chi connectivity index (χ1) is 16.5. The van der Waals surface area contributed by atoms with E-state index >= 15 is 0 Å². The molecule has 0 saturated heterocycles. The van der Waals surface area contributed by atoms with E-state index in [1.807, 2.05) is 19.1 Å². The molecule has 34 heavy (non-hydrogen) atoms. The Kier molecular flexibility index (Phi) is 8.99. The van der Waals surface area contributed by atoms with Crippen LogP contribution in [0.4, 0.5) is 0 Å². The van der Waals surface area contributed by atoms with Crippen molar-refractivity contribution in [1.29, 1.82) is 0 Å². The van der Waals surface area contributed by atoms with Crippen LogP contribution in [0, 0.1) is 20.8 Å². The fourth-order valence-corrected chi connectivity index (χ4v) is 5.53. The number of aromatic nitrogens is 3.